The van der Waals surface area contributed by atoms with Crippen molar-refractivity contribution >= 4 is 0 Å². The van der Waals surface area contributed by atoms with E-state index in [0.29, 0.717) is 29.4 Å². The summed E-state index contributed by atoms with van der Waals surface area (Å²) in [6.07, 6.45) is -4.28. The van der Waals surface area contributed by atoms with Crippen molar-refractivity contribution in [2.45, 2.75) is 26.4 Å². The molecule has 0 radical (unpaired) electrons. The van der Waals surface area contributed by atoms with Crippen LogP contribution in [0.5, 0.6) is 5.75 Å². The van der Waals surface area contributed by atoms with Crippen molar-refractivity contribution < 1.29 is 27.0 Å². The molecule has 0 aliphatic rings. The molecule has 4 rings (SSSR count). The first kappa shape index (κ1) is 20.6. The van der Waals surface area contributed by atoms with Gasteiger partial charge in [0.2, 0.25) is 17.5 Å². The summed E-state index contributed by atoms with van der Waals surface area (Å²) in [6, 6.07) is 12.8. The number of aromatic nitrogens is 4. The average molecular weight is 430 g/mol. The second kappa shape index (κ2) is 8.21. The summed E-state index contributed by atoms with van der Waals surface area (Å²) in [4.78, 5) is 7.78. The predicted molar refractivity (Wildman–Crippen MR) is 103 cm³/mol. The van der Waals surface area contributed by atoms with E-state index in [1.807, 2.05) is 30.3 Å². The van der Waals surface area contributed by atoms with Crippen molar-refractivity contribution in [1.82, 2.24) is 20.3 Å². The number of benzene rings is 2. The van der Waals surface area contributed by atoms with Crippen LogP contribution >= 0.6 is 0 Å². The molecule has 0 aliphatic carbocycles. The van der Waals surface area contributed by atoms with Crippen LogP contribution in [0.4, 0.5) is 13.2 Å². The lowest BCUT2D eigenvalue weighted by molar-refractivity contribution is -0.159. The first-order valence-corrected chi connectivity index (χ1v) is 9.34. The SMILES string of the molecule is Cc1cc(-c2noc(C(F)(F)F)n2)cc(C)c1OCCc1nc(-c2ccccc2)no1. The zero-order valence-corrected chi connectivity index (χ0v) is 16.6. The molecule has 0 bridgehead atoms. The van der Waals surface area contributed by atoms with E-state index in [-0.39, 0.29) is 12.4 Å². The normalized spacial score (nSPS) is 11.6. The number of alkyl halides is 3. The number of ether oxygens (including phenoxy) is 1. The van der Waals surface area contributed by atoms with Gasteiger partial charge in [-0.3, -0.25) is 0 Å². The number of nitrogens with zero attached hydrogens (tertiary/aromatic N) is 4. The molecule has 0 unspecified atom stereocenters. The maximum Gasteiger partial charge on any atom is 0.471 e. The number of rotatable bonds is 6. The fourth-order valence-corrected chi connectivity index (χ4v) is 3.06. The molecule has 0 atom stereocenters. The molecule has 160 valence electrons. The minimum atomic E-state index is -4.69. The number of aryl methyl sites for hydroxylation is 2. The Labute approximate surface area is 174 Å². The van der Waals surface area contributed by atoms with Crippen molar-refractivity contribution in [2.24, 2.45) is 0 Å². The fraction of sp³-hybridized carbons (Fsp3) is 0.238. The van der Waals surface area contributed by atoms with E-state index in [1.165, 1.54) is 0 Å². The molecule has 0 saturated carbocycles. The lowest BCUT2D eigenvalue weighted by atomic mass is 10.1. The molecule has 10 heteroatoms. The van der Waals surface area contributed by atoms with Crippen LogP contribution in [-0.4, -0.2) is 26.9 Å². The third kappa shape index (κ3) is 4.57. The van der Waals surface area contributed by atoms with Crippen LogP contribution in [0, 0.1) is 13.8 Å². The zero-order valence-electron chi connectivity index (χ0n) is 16.6. The molecular weight excluding hydrogens is 413 g/mol. The van der Waals surface area contributed by atoms with Crippen molar-refractivity contribution in [3.63, 3.8) is 0 Å². The number of hydrogen-bond donors (Lipinski definition) is 0. The van der Waals surface area contributed by atoms with Gasteiger partial charge in [0, 0.05) is 11.1 Å². The molecule has 0 aliphatic heterocycles. The first-order valence-electron chi connectivity index (χ1n) is 9.34. The average Bonchev–Trinajstić information content (AvgIpc) is 3.40. The Bertz CT molecular complexity index is 1160. The summed E-state index contributed by atoms with van der Waals surface area (Å²) >= 11 is 0. The van der Waals surface area contributed by atoms with E-state index in [2.05, 4.69) is 24.8 Å². The van der Waals surface area contributed by atoms with Crippen molar-refractivity contribution in [2.75, 3.05) is 6.61 Å². The van der Waals surface area contributed by atoms with Gasteiger partial charge in [0.15, 0.2) is 0 Å². The molecule has 0 spiro atoms. The molecule has 0 amide bonds. The zero-order chi connectivity index (χ0) is 22.0. The van der Waals surface area contributed by atoms with Gasteiger partial charge in [0.25, 0.3) is 0 Å². The molecule has 4 aromatic rings. The lowest BCUT2D eigenvalue weighted by Gasteiger charge is -2.12. The van der Waals surface area contributed by atoms with Crippen LogP contribution in [-0.2, 0) is 12.6 Å². The second-order valence-corrected chi connectivity index (χ2v) is 6.84. The molecule has 0 N–H and O–H groups in total. The molecule has 0 fully saturated rings. The topological polar surface area (TPSA) is 87.1 Å². The Morgan fingerprint density at radius 3 is 2.16 bits per heavy atom. The molecule has 31 heavy (non-hydrogen) atoms. The van der Waals surface area contributed by atoms with E-state index >= 15 is 0 Å². The summed E-state index contributed by atoms with van der Waals surface area (Å²) in [5, 5.41) is 7.39. The summed E-state index contributed by atoms with van der Waals surface area (Å²) < 4.78 is 53.5. The van der Waals surface area contributed by atoms with Crippen LogP contribution in [0.25, 0.3) is 22.8 Å². The van der Waals surface area contributed by atoms with Crippen molar-refractivity contribution in [3.05, 3.63) is 65.4 Å². The van der Waals surface area contributed by atoms with Gasteiger partial charge in [-0.15, -0.1) is 0 Å². The summed E-state index contributed by atoms with van der Waals surface area (Å²) in [5.41, 5.74) is 2.72. The third-order valence-corrected chi connectivity index (χ3v) is 4.45. The smallest absolute Gasteiger partial charge is 0.471 e. The maximum atomic E-state index is 12.7. The Balaban J connectivity index is 1.43. The van der Waals surface area contributed by atoms with Crippen LogP contribution in [0.15, 0.2) is 51.5 Å². The van der Waals surface area contributed by atoms with E-state index < -0.39 is 12.1 Å². The van der Waals surface area contributed by atoms with Crippen molar-refractivity contribution in [1.29, 1.82) is 0 Å². The van der Waals surface area contributed by atoms with Gasteiger partial charge in [-0.05, 0) is 37.1 Å². The van der Waals surface area contributed by atoms with Gasteiger partial charge in [-0.25, -0.2) is 0 Å². The van der Waals surface area contributed by atoms with Crippen LogP contribution < -0.4 is 4.74 Å². The quantitative estimate of drug-likeness (QED) is 0.423. The van der Waals surface area contributed by atoms with Gasteiger partial charge in [0.05, 0.1) is 13.0 Å². The first-order chi connectivity index (χ1) is 14.8. The Kier molecular flexibility index (Phi) is 5.45. The largest absolute Gasteiger partial charge is 0.493 e. The molecule has 2 heterocycles. The Hall–Kier alpha value is -3.69. The van der Waals surface area contributed by atoms with E-state index in [0.717, 1.165) is 16.7 Å². The number of halogens is 3. The van der Waals surface area contributed by atoms with Crippen LogP contribution in [0.3, 0.4) is 0 Å². The van der Waals surface area contributed by atoms with Crippen LogP contribution in [0.1, 0.15) is 22.9 Å². The van der Waals surface area contributed by atoms with E-state index in [9.17, 15) is 13.2 Å². The summed E-state index contributed by atoms with van der Waals surface area (Å²) in [5.74, 6) is 0.0472. The summed E-state index contributed by atoms with van der Waals surface area (Å²) in [7, 11) is 0. The molecule has 0 saturated heterocycles. The minimum Gasteiger partial charge on any atom is -0.493 e. The van der Waals surface area contributed by atoms with E-state index in [1.54, 1.807) is 26.0 Å². The summed E-state index contributed by atoms with van der Waals surface area (Å²) in [6.45, 7) is 3.87. The Morgan fingerprint density at radius 1 is 0.871 bits per heavy atom. The van der Waals surface area contributed by atoms with Gasteiger partial charge in [-0.2, -0.15) is 23.1 Å². The molecular formula is C21H17F3N4O3. The maximum absolute atomic E-state index is 12.7. The molecule has 2 aromatic carbocycles. The third-order valence-electron chi connectivity index (χ3n) is 4.45. The highest BCUT2D eigenvalue weighted by atomic mass is 19.4. The highest BCUT2D eigenvalue weighted by molar-refractivity contribution is 5.61. The molecule has 2 aromatic heterocycles. The monoisotopic (exact) mass is 430 g/mol. The molecule has 7 nitrogen and oxygen atoms in total. The van der Waals surface area contributed by atoms with Crippen LogP contribution in [0.2, 0.25) is 0 Å². The highest BCUT2D eigenvalue weighted by Gasteiger charge is 2.38. The number of hydrogen-bond acceptors (Lipinski definition) is 7. The van der Waals surface area contributed by atoms with E-state index in [4.69, 9.17) is 9.26 Å². The minimum absolute atomic E-state index is 0.135. The highest BCUT2D eigenvalue weighted by Crippen LogP contribution is 2.32. The van der Waals surface area contributed by atoms with Crippen molar-refractivity contribution in [3.8, 4) is 28.5 Å². The van der Waals surface area contributed by atoms with Gasteiger partial charge < -0.3 is 13.8 Å². The van der Waals surface area contributed by atoms with Gasteiger partial charge in [0.1, 0.15) is 5.75 Å². The van der Waals surface area contributed by atoms with Gasteiger partial charge in [-0.1, -0.05) is 40.6 Å². The standard InChI is InChI=1S/C21H17F3N4O3/c1-12-10-15(19-26-20(31-28-19)21(22,23)24)11-13(2)17(12)29-9-8-16-25-18(27-30-16)14-6-4-3-5-7-14/h3-7,10-11H,8-9H2,1-2H3. The second-order valence-electron chi connectivity index (χ2n) is 6.84. The lowest BCUT2D eigenvalue weighted by Crippen LogP contribution is -2.05. The Morgan fingerprint density at radius 2 is 1.52 bits per heavy atom. The van der Waals surface area contributed by atoms with Gasteiger partial charge >= 0.3 is 12.1 Å². The fourth-order valence-electron chi connectivity index (χ4n) is 3.06. The predicted octanol–water partition coefficient (Wildman–Crippen LogP) is 5.04.